The fourth-order valence-corrected chi connectivity index (χ4v) is 12.0. The Morgan fingerprint density at radius 1 is 1.21 bits per heavy atom. The van der Waals surface area contributed by atoms with Crippen LogP contribution in [0.1, 0.15) is 36.8 Å². The van der Waals surface area contributed by atoms with E-state index in [1.165, 1.54) is 21.7 Å². The van der Waals surface area contributed by atoms with Gasteiger partial charge >= 0.3 is 0 Å². The maximum absolute atomic E-state index is 14.2. The van der Waals surface area contributed by atoms with E-state index in [9.17, 15) is 4.21 Å². The molecule has 1 saturated heterocycles. The molecule has 1 aliphatic heterocycles. The van der Waals surface area contributed by atoms with Gasteiger partial charge in [-0.1, -0.05) is 42.5 Å². The molecule has 1 unspecified atom stereocenters. The minimum absolute atomic E-state index is 0.325. The van der Waals surface area contributed by atoms with Crippen LogP contribution in [0.4, 0.5) is 0 Å². The third-order valence-electron chi connectivity index (χ3n) is 6.99. The second-order valence-electron chi connectivity index (χ2n) is 9.41. The van der Waals surface area contributed by atoms with Gasteiger partial charge in [0.15, 0.2) is 0 Å². The van der Waals surface area contributed by atoms with E-state index >= 15 is 0 Å². The highest BCUT2D eigenvalue weighted by atomic mass is 127. The summed E-state index contributed by atoms with van der Waals surface area (Å²) in [5.41, 5.74) is 2.50. The molecule has 5 rings (SSSR count). The number of nitrogens with zero attached hydrogens (tertiary/aromatic N) is 3. The second kappa shape index (κ2) is 9.23. The van der Waals surface area contributed by atoms with Gasteiger partial charge in [0.1, 0.15) is 0 Å². The molecule has 0 amide bonds. The molecule has 1 fully saturated rings. The number of fused-ring (bicyclic) bond motifs is 1. The molecule has 33 heavy (non-hydrogen) atoms. The zero-order valence-corrected chi connectivity index (χ0v) is 23.9. The largest absolute Gasteiger partial charge is 0.347 e. The maximum Gasteiger partial charge on any atom is 0.0525 e. The first-order valence-corrected chi connectivity index (χ1v) is 18.7. The van der Waals surface area contributed by atoms with Gasteiger partial charge in [-0.05, 0) is 54.5 Å². The van der Waals surface area contributed by atoms with E-state index in [4.69, 9.17) is 0 Å². The summed E-state index contributed by atoms with van der Waals surface area (Å²) in [5, 5.41) is 9.67. The molecule has 3 atom stereocenters. The van der Waals surface area contributed by atoms with E-state index in [-0.39, 0.29) is 0 Å². The van der Waals surface area contributed by atoms with E-state index in [1.807, 2.05) is 18.5 Å². The number of hydrogen-bond acceptors (Lipinski definition) is 2. The van der Waals surface area contributed by atoms with Crippen LogP contribution in [0.15, 0.2) is 55.0 Å². The summed E-state index contributed by atoms with van der Waals surface area (Å²) in [4.78, 5) is 0. The zero-order chi connectivity index (χ0) is 23.1. The lowest BCUT2D eigenvalue weighted by molar-refractivity contribution is 0.424. The third kappa shape index (κ3) is 5.18. The molecule has 8 heteroatoms. The van der Waals surface area contributed by atoms with Crippen LogP contribution in [-0.2, 0) is 16.6 Å². The summed E-state index contributed by atoms with van der Waals surface area (Å²) < 4.78 is 16.0. The van der Waals surface area contributed by atoms with Gasteiger partial charge in [0.25, 0.3) is 0 Å². The Morgan fingerprint density at radius 2 is 2.03 bits per heavy atom. The van der Waals surface area contributed by atoms with Gasteiger partial charge in [-0.25, -0.2) is 8.51 Å². The number of aromatic nitrogens is 3. The average molecular weight is 688 g/mol. The molecular formula is C25H30I2N4OS. The Balaban J connectivity index is 1.28. The van der Waals surface area contributed by atoms with Gasteiger partial charge in [-0.2, -0.15) is 5.10 Å². The summed E-state index contributed by atoms with van der Waals surface area (Å²) in [7, 11) is 0. The Hall–Kier alpha value is -0.980. The second-order valence-corrected chi connectivity index (χ2v) is 28.0. The highest BCUT2D eigenvalue weighted by Gasteiger charge is 2.45. The molecule has 2 aliphatic rings. The first-order valence-electron chi connectivity index (χ1n) is 11.5. The van der Waals surface area contributed by atoms with Gasteiger partial charge in [0.2, 0.25) is 0 Å². The van der Waals surface area contributed by atoms with Gasteiger partial charge < -0.3 is 4.57 Å². The van der Waals surface area contributed by atoms with Crippen LogP contribution in [0.25, 0.3) is 12.2 Å². The van der Waals surface area contributed by atoms with Crippen LogP contribution in [0.2, 0.25) is 0 Å². The summed E-state index contributed by atoms with van der Waals surface area (Å²) in [6.07, 6.45) is 13.8. The lowest BCUT2D eigenvalue weighted by atomic mass is 9.94. The number of hydrogen-bond donors (Lipinski definition) is 1. The molecule has 0 saturated carbocycles. The van der Waals surface area contributed by atoms with E-state index < -0.39 is 3.59 Å². The van der Waals surface area contributed by atoms with Crippen molar-refractivity contribution in [1.82, 2.24) is 19.1 Å². The quantitative estimate of drug-likeness (QED) is 0.297. The highest BCUT2D eigenvalue weighted by molar-refractivity contribution is 14.3. The maximum atomic E-state index is 14.2. The third-order valence-corrected chi connectivity index (χ3v) is 14.9. The van der Waals surface area contributed by atoms with Crippen molar-refractivity contribution in [2.45, 2.75) is 44.7 Å². The predicted octanol–water partition coefficient (Wildman–Crippen LogP) is 4.35. The van der Waals surface area contributed by atoms with Crippen LogP contribution in [-0.4, -0.2) is 41.6 Å². The number of H-pyrrole nitrogens is 1. The Kier molecular flexibility index (Phi) is 6.65. The minimum Gasteiger partial charge on any atom is -0.347 e. The van der Waals surface area contributed by atoms with Gasteiger partial charge in [0.05, 0.1) is 6.20 Å². The highest BCUT2D eigenvalue weighted by Crippen LogP contribution is 2.51. The van der Waals surface area contributed by atoms with Crippen LogP contribution >= 0.6 is 42.4 Å². The van der Waals surface area contributed by atoms with Crippen molar-refractivity contribution < 1.29 is 4.21 Å². The molecule has 1 N–H and O–H groups in total. The standard InChI is InChI=1S/C25H30I2N4OS/c1-19-13-21(18-31(19)33(26,27,32)12-10-20-5-3-2-4-6-20)17-30-11-9-23-14-22(7-8-25(23)30)24-15-28-29-16-24/h2-6,8-9,11,14-16,19,21-22H,7,10,12-13,17-18H2,1H3,(H,28,29)/t19-,21-,22?/m1/s1. The van der Waals surface area contributed by atoms with Crippen LogP contribution in [0.3, 0.4) is 0 Å². The zero-order valence-electron chi connectivity index (χ0n) is 18.7. The van der Waals surface area contributed by atoms with Crippen molar-refractivity contribution in [3.63, 3.8) is 0 Å². The van der Waals surface area contributed by atoms with Crippen molar-refractivity contribution in [1.29, 1.82) is 0 Å². The van der Waals surface area contributed by atoms with E-state index in [0.717, 1.165) is 32.4 Å². The first-order chi connectivity index (χ1) is 15.8. The fourth-order valence-electron chi connectivity index (χ4n) is 5.30. The van der Waals surface area contributed by atoms with Gasteiger partial charge in [0, 0.05) is 94.6 Å². The molecule has 0 bridgehead atoms. The van der Waals surface area contributed by atoms with Crippen LogP contribution in [0.5, 0.6) is 0 Å². The van der Waals surface area contributed by atoms with Crippen molar-refractivity contribution in [2.75, 3.05) is 12.3 Å². The Bertz CT molecular complexity index is 1300. The van der Waals surface area contributed by atoms with Crippen molar-refractivity contribution in [2.24, 2.45) is 5.92 Å². The lowest BCUT2D eigenvalue weighted by Gasteiger charge is -2.41. The predicted molar refractivity (Wildman–Crippen MR) is 154 cm³/mol. The number of halogens is 2. The van der Waals surface area contributed by atoms with Gasteiger partial charge in [-0.15, -0.1) is 0 Å². The number of nitrogens with one attached hydrogen (secondary N) is 1. The number of rotatable bonds is 7. The Labute approximate surface area is 219 Å². The monoisotopic (exact) mass is 688 g/mol. The lowest BCUT2D eigenvalue weighted by Crippen LogP contribution is -2.45. The first kappa shape index (κ1) is 23.7. The van der Waals surface area contributed by atoms with Gasteiger partial charge in [-0.3, -0.25) is 5.10 Å². The topological polar surface area (TPSA) is 53.9 Å². The summed E-state index contributed by atoms with van der Waals surface area (Å²) in [5.74, 6) is 1.58. The molecule has 3 heterocycles. The minimum atomic E-state index is -2.94. The van der Waals surface area contributed by atoms with Crippen LogP contribution < -0.4 is 10.6 Å². The Morgan fingerprint density at radius 3 is 2.79 bits per heavy atom. The van der Waals surface area contributed by atoms with Crippen molar-refractivity contribution >= 4 is 58.2 Å². The van der Waals surface area contributed by atoms with E-state index in [0.29, 0.717) is 23.6 Å². The van der Waals surface area contributed by atoms with Crippen LogP contribution in [0, 0.1) is 5.92 Å². The molecule has 0 spiro atoms. The van der Waals surface area contributed by atoms with Crippen molar-refractivity contribution in [3.8, 4) is 0 Å². The molecule has 1 aromatic carbocycles. The number of aryl methyl sites for hydroxylation is 1. The molecule has 1 aliphatic carbocycles. The SMILES string of the molecule is C[C@@H]1C[C@H](Cn2ccc3c2=CCC(c2cn[nH]c2)C=3)CN1S(=O)(I)(I)CCc1ccccc1. The van der Waals surface area contributed by atoms with E-state index in [1.54, 1.807) is 0 Å². The summed E-state index contributed by atoms with van der Waals surface area (Å²) in [6.45, 7) is 4.11. The number of benzene rings is 1. The molecule has 5 nitrogen and oxygen atoms in total. The van der Waals surface area contributed by atoms with E-state index in [2.05, 4.69) is 117 Å². The number of aromatic amines is 1. The molecule has 2 aromatic heterocycles. The van der Waals surface area contributed by atoms with Crippen molar-refractivity contribution in [3.05, 3.63) is 76.7 Å². The molecule has 176 valence electrons. The molecular weight excluding hydrogens is 658 g/mol. The molecule has 3 aromatic rings. The summed E-state index contributed by atoms with van der Waals surface area (Å²) in [6, 6.07) is 13.0. The smallest absolute Gasteiger partial charge is 0.0525 e. The fraction of sp³-hybridized carbons (Fsp3) is 0.400. The summed E-state index contributed by atoms with van der Waals surface area (Å²) >= 11 is 4.55. The average Bonchev–Trinajstić information content (AvgIpc) is 3.54. The molecule has 0 radical (unpaired) electrons. The normalized spacial score (nSPS) is 24.5.